The lowest BCUT2D eigenvalue weighted by molar-refractivity contribution is -0.139. The molecule has 0 saturated heterocycles. The molecule has 0 amide bonds. The number of aliphatic carboxylic acids is 1. The van der Waals surface area contributed by atoms with E-state index in [0.29, 0.717) is 6.54 Å². The van der Waals surface area contributed by atoms with E-state index < -0.39 is 5.97 Å². The second-order valence-corrected chi connectivity index (χ2v) is 2.39. The minimum atomic E-state index is -0.825. The number of carboxylic acid groups (broad SMARTS) is 1. The maximum atomic E-state index is 10.2. The van der Waals surface area contributed by atoms with Gasteiger partial charge in [0.1, 0.15) is 0 Å². The smallest absolute Gasteiger partial charge is 0.305 e. The molecule has 0 heterocycles. The second-order valence-electron chi connectivity index (χ2n) is 2.39. The van der Waals surface area contributed by atoms with Crippen molar-refractivity contribution in [3.05, 3.63) is 0 Å². The molecule has 1 atom stereocenters. The Morgan fingerprint density at radius 1 is 1.73 bits per heavy atom. The highest BCUT2D eigenvalue weighted by molar-refractivity contribution is 5.67. The van der Waals surface area contributed by atoms with E-state index in [1.807, 2.05) is 0 Å². The molecule has 0 fully saturated rings. The van der Waals surface area contributed by atoms with Gasteiger partial charge in [-0.3, -0.25) is 4.79 Å². The summed E-state index contributed by atoms with van der Waals surface area (Å²) in [6, 6.07) is 0. The predicted octanol–water partition coefficient (Wildman–Crippen LogP) is 0.215. The first-order valence-electron chi connectivity index (χ1n) is 3.65. The number of carbonyl (C=O) groups is 1. The Bertz CT molecular complexity index is 116. The fourth-order valence-electron chi connectivity index (χ4n) is 0.844. The summed E-state index contributed by atoms with van der Waals surface area (Å²) in [6.07, 6.45) is 1.41. The highest BCUT2D eigenvalue weighted by atomic mass is 16.5. The van der Waals surface area contributed by atoms with Crippen LogP contribution < -0.4 is 5.73 Å². The summed E-state index contributed by atoms with van der Waals surface area (Å²) in [4.78, 5) is 10.2. The van der Waals surface area contributed by atoms with Crippen molar-refractivity contribution in [1.29, 1.82) is 0 Å². The maximum absolute atomic E-state index is 10.2. The van der Waals surface area contributed by atoms with Gasteiger partial charge in [-0.25, -0.2) is 0 Å². The van der Waals surface area contributed by atoms with Crippen molar-refractivity contribution in [3.8, 4) is 0 Å². The van der Waals surface area contributed by atoms with E-state index in [1.165, 1.54) is 7.11 Å². The van der Waals surface area contributed by atoms with Crippen LogP contribution in [0.15, 0.2) is 0 Å². The van der Waals surface area contributed by atoms with Crippen molar-refractivity contribution in [2.45, 2.75) is 25.4 Å². The van der Waals surface area contributed by atoms with Crippen LogP contribution in [-0.2, 0) is 9.53 Å². The Balaban J connectivity index is 3.49. The zero-order valence-electron chi connectivity index (χ0n) is 6.75. The summed E-state index contributed by atoms with van der Waals surface area (Å²) in [5, 5.41) is 8.40. The molecule has 0 aliphatic carbocycles. The van der Waals surface area contributed by atoms with Crippen LogP contribution in [0.25, 0.3) is 0 Å². The quantitative estimate of drug-likeness (QED) is 0.584. The number of hydrogen-bond acceptors (Lipinski definition) is 3. The number of nitrogens with two attached hydrogens (primary N) is 1. The summed E-state index contributed by atoms with van der Waals surface area (Å²) < 4.78 is 4.93. The standard InChI is InChI=1S/C7H15NO3/c1-11-6(3-2-4-8)5-7(9)10/h6H,2-5,8H2,1H3,(H,9,10). The van der Waals surface area contributed by atoms with Crippen molar-refractivity contribution in [1.82, 2.24) is 0 Å². The molecule has 0 radical (unpaired) electrons. The first-order valence-corrected chi connectivity index (χ1v) is 3.65. The van der Waals surface area contributed by atoms with Crippen molar-refractivity contribution < 1.29 is 14.6 Å². The molecule has 0 aliphatic heterocycles. The number of ether oxygens (including phenoxy) is 1. The minimum Gasteiger partial charge on any atom is -0.481 e. The van der Waals surface area contributed by atoms with Crippen LogP contribution in [0.1, 0.15) is 19.3 Å². The van der Waals surface area contributed by atoms with E-state index in [-0.39, 0.29) is 12.5 Å². The van der Waals surface area contributed by atoms with Crippen LogP contribution >= 0.6 is 0 Å². The van der Waals surface area contributed by atoms with Gasteiger partial charge in [-0.15, -0.1) is 0 Å². The third-order valence-electron chi connectivity index (χ3n) is 1.47. The van der Waals surface area contributed by atoms with Crippen molar-refractivity contribution in [3.63, 3.8) is 0 Å². The minimum absolute atomic E-state index is 0.0660. The van der Waals surface area contributed by atoms with E-state index in [9.17, 15) is 4.79 Å². The predicted molar refractivity (Wildman–Crippen MR) is 41.3 cm³/mol. The van der Waals surface area contributed by atoms with Gasteiger partial charge < -0.3 is 15.6 Å². The lowest BCUT2D eigenvalue weighted by Gasteiger charge is -2.11. The fraction of sp³-hybridized carbons (Fsp3) is 0.857. The molecule has 66 valence electrons. The van der Waals surface area contributed by atoms with Crippen LogP contribution in [0.2, 0.25) is 0 Å². The molecule has 0 rings (SSSR count). The second kappa shape index (κ2) is 6.12. The summed E-state index contributed by atoms with van der Waals surface area (Å²) in [7, 11) is 1.52. The van der Waals surface area contributed by atoms with Crippen molar-refractivity contribution in [2.24, 2.45) is 5.73 Å². The first kappa shape index (κ1) is 10.4. The van der Waals surface area contributed by atoms with Crippen LogP contribution in [-0.4, -0.2) is 30.8 Å². The van der Waals surface area contributed by atoms with E-state index >= 15 is 0 Å². The Labute approximate surface area is 66.3 Å². The fourth-order valence-corrected chi connectivity index (χ4v) is 0.844. The Morgan fingerprint density at radius 2 is 2.36 bits per heavy atom. The van der Waals surface area contributed by atoms with Crippen molar-refractivity contribution >= 4 is 5.97 Å². The third-order valence-corrected chi connectivity index (χ3v) is 1.47. The molecule has 4 heteroatoms. The van der Waals surface area contributed by atoms with E-state index in [1.54, 1.807) is 0 Å². The molecule has 0 spiro atoms. The highest BCUT2D eigenvalue weighted by Gasteiger charge is 2.10. The van der Waals surface area contributed by atoms with Gasteiger partial charge >= 0.3 is 5.97 Å². The molecule has 0 aromatic rings. The molecular formula is C7H15NO3. The Hall–Kier alpha value is -0.610. The summed E-state index contributed by atoms with van der Waals surface area (Å²) in [5.74, 6) is -0.825. The molecule has 4 nitrogen and oxygen atoms in total. The average molecular weight is 161 g/mol. The third kappa shape index (κ3) is 5.82. The molecule has 1 unspecified atom stereocenters. The molecule has 0 aromatic heterocycles. The van der Waals surface area contributed by atoms with Crippen LogP contribution in [0.3, 0.4) is 0 Å². The molecule has 0 saturated carbocycles. The van der Waals surface area contributed by atoms with Gasteiger partial charge in [-0.2, -0.15) is 0 Å². The number of carboxylic acids is 1. The normalized spacial score (nSPS) is 12.9. The number of methoxy groups -OCH3 is 1. The van der Waals surface area contributed by atoms with E-state index in [4.69, 9.17) is 15.6 Å². The highest BCUT2D eigenvalue weighted by Crippen LogP contribution is 2.04. The summed E-state index contributed by atoms with van der Waals surface area (Å²) in [6.45, 7) is 0.583. The van der Waals surface area contributed by atoms with E-state index in [0.717, 1.165) is 12.8 Å². The SMILES string of the molecule is COC(CCCN)CC(=O)O. The zero-order chi connectivity index (χ0) is 8.69. The molecule has 11 heavy (non-hydrogen) atoms. The molecule has 0 aliphatic rings. The van der Waals surface area contributed by atoms with E-state index in [2.05, 4.69) is 0 Å². The van der Waals surface area contributed by atoms with Gasteiger partial charge in [-0.1, -0.05) is 0 Å². The Kier molecular flexibility index (Phi) is 5.78. The molecule has 0 aromatic carbocycles. The topological polar surface area (TPSA) is 72.5 Å². The number of hydrogen-bond donors (Lipinski definition) is 2. The summed E-state index contributed by atoms with van der Waals surface area (Å²) in [5.41, 5.74) is 5.26. The lowest BCUT2D eigenvalue weighted by Crippen LogP contribution is -2.17. The first-order chi connectivity index (χ1) is 5.20. The van der Waals surface area contributed by atoms with Gasteiger partial charge in [0.25, 0.3) is 0 Å². The molecular weight excluding hydrogens is 146 g/mol. The zero-order valence-corrected chi connectivity index (χ0v) is 6.75. The van der Waals surface area contributed by atoms with Crippen molar-refractivity contribution in [2.75, 3.05) is 13.7 Å². The van der Waals surface area contributed by atoms with Gasteiger partial charge in [0, 0.05) is 7.11 Å². The summed E-state index contributed by atoms with van der Waals surface area (Å²) >= 11 is 0. The maximum Gasteiger partial charge on any atom is 0.305 e. The largest absolute Gasteiger partial charge is 0.481 e. The Morgan fingerprint density at radius 3 is 2.73 bits per heavy atom. The van der Waals surface area contributed by atoms with Gasteiger partial charge in [0.15, 0.2) is 0 Å². The number of rotatable bonds is 6. The van der Waals surface area contributed by atoms with Crippen LogP contribution in [0, 0.1) is 0 Å². The lowest BCUT2D eigenvalue weighted by atomic mass is 10.1. The molecule has 0 bridgehead atoms. The molecule has 3 N–H and O–H groups in total. The van der Waals surface area contributed by atoms with Crippen LogP contribution in [0.4, 0.5) is 0 Å². The van der Waals surface area contributed by atoms with Gasteiger partial charge in [0.05, 0.1) is 12.5 Å². The van der Waals surface area contributed by atoms with Gasteiger partial charge in [-0.05, 0) is 19.4 Å². The van der Waals surface area contributed by atoms with Crippen LogP contribution in [0.5, 0.6) is 0 Å². The van der Waals surface area contributed by atoms with Gasteiger partial charge in [0.2, 0.25) is 0 Å². The average Bonchev–Trinajstić information content (AvgIpc) is 1.97. The monoisotopic (exact) mass is 161 g/mol.